The summed E-state index contributed by atoms with van der Waals surface area (Å²) in [6, 6.07) is 3.60. The third-order valence-electron chi connectivity index (χ3n) is 3.19. The van der Waals surface area contributed by atoms with Crippen LogP contribution in [0.3, 0.4) is 0 Å². The fourth-order valence-electron chi connectivity index (χ4n) is 2.08. The van der Waals surface area contributed by atoms with Gasteiger partial charge in [-0.25, -0.2) is 4.98 Å². The molecule has 5 heteroatoms. The number of anilines is 1. The number of hydrogen-bond acceptors (Lipinski definition) is 4. The van der Waals surface area contributed by atoms with Crippen LogP contribution in [0.1, 0.15) is 23.7 Å². The van der Waals surface area contributed by atoms with Crippen LogP contribution < -0.4 is 4.90 Å². The Hall–Kier alpha value is -1.62. The molecule has 2 rings (SSSR count). The van der Waals surface area contributed by atoms with Gasteiger partial charge in [-0.05, 0) is 25.5 Å². The predicted molar refractivity (Wildman–Crippen MR) is 69.7 cm³/mol. The normalized spacial score (nSPS) is 23.2. The van der Waals surface area contributed by atoms with Gasteiger partial charge < -0.3 is 14.9 Å². The number of hydrogen-bond donors (Lipinski definition) is 1. The summed E-state index contributed by atoms with van der Waals surface area (Å²) in [5.74, 6) is 0.755. The maximum atomic E-state index is 12.2. The van der Waals surface area contributed by atoms with Crippen LogP contribution in [-0.2, 0) is 0 Å². The van der Waals surface area contributed by atoms with E-state index in [-0.39, 0.29) is 5.91 Å². The van der Waals surface area contributed by atoms with Crippen molar-refractivity contribution in [3.05, 3.63) is 23.9 Å². The minimum atomic E-state index is -0.757. The molecular formula is C13H19N3O2. The summed E-state index contributed by atoms with van der Waals surface area (Å²) >= 11 is 0. The maximum Gasteiger partial charge on any atom is 0.255 e. The zero-order valence-electron chi connectivity index (χ0n) is 11.1. The van der Waals surface area contributed by atoms with Crippen LogP contribution in [0.4, 0.5) is 5.82 Å². The number of aliphatic hydroxyl groups is 1. The first-order chi connectivity index (χ1) is 8.39. The lowest BCUT2D eigenvalue weighted by molar-refractivity contribution is 0.0572. The lowest BCUT2D eigenvalue weighted by Crippen LogP contribution is -2.33. The van der Waals surface area contributed by atoms with Gasteiger partial charge in [-0.3, -0.25) is 4.79 Å². The molecule has 1 N–H and O–H groups in total. The molecule has 1 amide bonds. The van der Waals surface area contributed by atoms with Crippen molar-refractivity contribution in [2.24, 2.45) is 0 Å². The zero-order chi connectivity index (χ0) is 13.3. The van der Waals surface area contributed by atoms with Gasteiger partial charge in [-0.1, -0.05) is 0 Å². The molecule has 0 bridgehead atoms. The van der Waals surface area contributed by atoms with Crippen molar-refractivity contribution >= 4 is 11.7 Å². The fraction of sp³-hybridized carbons (Fsp3) is 0.538. The number of carbonyl (C=O) groups excluding carboxylic acids is 1. The van der Waals surface area contributed by atoms with E-state index in [0.29, 0.717) is 25.1 Å². The summed E-state index contributed by atoms with van der Waals surface area (Å²) in [7, 11) is 3.81. The second-order valence-corrected chi connectivity index (χ2v) is 5.27. The largest absolute Gasteiger partial charge is 0.388 e. The Morgan fingerprint density at radius 1 is 1.50 bits per heavy atom. The van der Waals surface area contributed by atoms with Crippen LogP contribution in [0.2, 0.25) is 0 Å². The van der Waals surface area contributed by atoms with Crippen molar-refractivity contribution in [1.82, 2.24) is 9.88 Å². The lowest BCUT2D eigenvalue weighted by Gasteiger charge is -2.19. The molecule has 1 aromatic rings. The standard InChI is InChI=1S/C13H19N3O2/c1-13(18)6-7-16(9-13)12(17)10-4-5-11(14-8-10)15(2)3/h4-5,8,18H,6-7,9H2,1-3H3. The van der Waals surface area contributed by atoms with E-state index in [1.165, 1.54) is 0 Å². The van der Waals surface area contributed by atoms with Crippen molar-refractivity contribution < 1.29 is 9.90 Å². The Kier molecular flexibility index (Phi) is 3.26. The summed E-state index contributed by atoms with van der Waals surface area (Å²) in [5, 5.41) is 9.86. The Morgan fingerprint density at radius 3 is 2.67 bits per heavy atom. The van der Waals surface area contributed by atoms with Gasteiger partial charge in [0.05, 0.1) is 11.2 Å². The number of amides is 1. The Bertz CT molecular complexity index is 440. The van der Waals surface area contributed by atoms with Gasteiger partial charge in [-0.15, -0.1) is 0 Å². The summed E-state index contributed by atoms with van der Waals surface area (Å²) in [5.41, 5.74) is -0.189. The number of likely N-dealkylation sites (tertiary alicyclic amines) is 1. The molecule has 1 unspecified atom stereocenters. The van der Waals surface area contributed by atoms with Crippen LogP contribution in [-0.4, -0.2) is 53.7 Å². The molecule has 5 nitrogen and oxygen atoms in total. The first kappa shape index (κ1) is 12.8. The molecule has 0 spiro atoms. The average Bonchev–Trinajstić information content (AvgIpc) is 2.69. The molecule has 1 aliphatic heterocycles. The predicted octanol–water partition coefficient (Wildman–Crippen LogP) is 0.744. The Labute approximate surface area is 107 Å². The molecule has 1 saturated heterocycles. The summed E-state index contributed by atoms with van der Waals surface area (Å²) in [6.07, 6.45) is 2.21. The van der Waals surface area contributed by atoms with Crippen molar-refractivity contribution in [2.45, 2.75) is 18.9 Å². The molecule has 2 heterocycles. The van der Waals surface area contributed by atoms with E-state index in [1.54, 1.807) is 24.1 Å². The zero-order valence-corrected chi connectivity index (χ0v) is 11.1. The quantitative estimate of drug-likeness (QED) is 0.840. The van der Waals surface area contributed by atoms with Gasteiger partial charge in [-0.2, -0.15) is 0 Å². The van der Waals surface area contributed by atoms with E-state index in [2.05, 4.69) is 4.98 Å². The van der Waals surface area contributed by atoms with Crippen LogP contribution in [0, 0.1) is 0 Å². The van der Waals surface area contributed by atoms with Crippen molar-refractivity contribution in [2.75, 3.05) is 32.1 Å². The minimum absolute atomic E-state index is 0.0643. The molecule has 18 heavy (non-hydrogen) atoms. The molecule has 1 fully saturated rings. The molecule has 0 aromatic carbocycles. The molecule has 1 atom stereocenters. The third kappa shape index (κ3) is 2.61. The number of rotatable bonds is 2. The van der Waals surface area contributed by atoms with Crippen LogP contribution in [0.5, 0.6) is 0 Å². The van der Waals surface area contributed by atoms with Crippen molar-refractivity contribution in [1.29, 1.82) is 0 Å². The van der Waals surface area contributed by atoms with E-state index in [1.807, 2.05) is 25.1 Å². The monoisotopic (exact) mass is 249 g/mol. The second-order valence-electron chi connectivity index (χ2n) is 5.27. The number of β-amino-alcohol motifs (C(OH)–C–C–N with tert-alkyl or cyclic N) is 1. The molecule has 1 aliphatic rings. The van der Waals surface area contributed by atoms with E-state index in [9.17, 15) is 9.90 Å². The molecule has 1 aromatic heterocycles. The first-order valence-electron chi connectivity index (χ1n) is 6.04. The molecule has 0 aliphatic carbocycles. The van der Waals surface area contributed by atoms with E-state index in [0.717, 1.165) is 5.82 Å². The SMILES string of the molecule is CN(C)c1ccc(C(=O)N2CCC(C)(O)C2)cn1. The van der Waals surface area contributed by atoms with Crippen molar-refractivity contribution in [3.63, 3.8) is 0 Å². The van der Waals surface area contributed by atoms with E-state index >= 15 is 0 Å². The van der Waals surface area contributed by atoms with Gasteiger partial charge in [0.15, 0.2) is 0 Å². The lowest BCUT2D eigenvalue weighted by atomic mass is 10.1. The topological polar surface area (TPSA) is 56.7 Å². The second kappa shape index (κ2) is 4.57. The molecule has 0 radical (unpaired) electrons. The minimum Gasteiger partial charge on any atom is -0.388 e. The highest BCUT2D eigenvalue weighted by Crippen LogP contribution is 2.22. The first-order valence-corrected chi connectivity index (χ1v) is 6.04. The Balaban J connectivity index is 2.10. The smallest absolute Gasteiger partial charge is 0.255 e. The van der Waals surface area contributed by atoms with Gasteiger partial charge >= 0.3 is 0 Å². The summed E-state index contributed by atoms with van der Waals surface area (Å²) in [6.45, 7) is 2.75. The molecule has 98 valence electrons. The van der Waals surface area contributed by atoms with Gasteiger partial charge in [0.2, 0.25) is 0 Å². The molecule has 0 saturated carbocycles. The number of carbonyl (C=O) groups is 1. The van der Waals surface area contributed by atoms with Gasteiger partial charge in [0.1, 0.15) is 5.82 Å². The number of nitrogens with zero attached hydrogens (tertiary/aromatic N) is 3. The highest BCUT2D eigenvalue weighted by atomic mass is 16.3. The summed E-state index contributed by atoms with van der Waals surface area (Å²) < 4.78 is 0. The number of aromatic nitrogens is 1. The number of pyridine rings is 1. The van der Waals surface area contributed by atoms with Crippen LogP contribution >= 0.6 is 0 Å². The third-order valence-corrected chi connectivity index (χ3v) is 3.19. The Morgan fingerprint density at radius 2 is 2.22 bits per heavy atom. The highest BCUT2D eigenvalue weighted by molar-refractivity contribution is 5.94. The summed E-state index contributed by atoms with van der Waals surface area (Å²) in [4.78, 5) is 20.0. The average molecular weight is 249 g/mol. The van der Waals surface area contributed by atoms with Gasteiger partial charge in [0, 0.05) is 33.4 Å². The van der Waals surface area contributed by atoms with E-state index < -0.39 is 5.60 Å². The van der Waals surface area contributed by atoms with Crippen molar-refractivity contribution in [3.8, 4) is 0 Å². The highest BCUT2D eigenvalue weighted by Gasteiger charge is 2.34. The van der Waals surface area contributed by atoms with Crippen LogP contribution in [0.25, 0.3) is 0 Å². The van der Waals surface area contributed by atoms with Gasteiger partial charge in [0.25, 0.3) is 5.91 Å². The molecular weight excluding hydrogens is 230 g/mol. The van der Waals surface area contributed by atoms with E-state index in [4.69, 9.17) is 0 Å². The fourth-order valence-corrected chi connectivity index (χ4v) is 2.08. The maximum absolute atomic E-state index is 12.2. The van der Waals surface area contributed by atoms with Crippen LogP contribution in [0.15, 0.2) is 18.3 Å².